The van der Waals surface area contributed by atoms with Crippen LogP contribution in [0.25, 0.3) is 10.9 Å². The second kappa shape index (κ2) is 6.13. The zero-order chi connectivity index (χ0) is 15.4. The number of hydrogen-bond acceptors (Lipinski definition) is 3. The first-order chi connectivity index (χ1) is 10.0. The van der Waals surface area contributed by atoms with Crippen LogP contribution in [0.15, 0.2) is 36.5 Å². The highest BCUT2D eigenvalue weighted by atomic mass is 16.5. The average Bonchev–Trinajstić information content (AvgIpc) is 2.87. The molecular formula is C15H16N2O4. The highest BCUT2D eigenvalue weighted by molar-refractivity contribution is 6.07. The van der Waals surface area contributed by atoms with Crippen molar-refractivity contribution >= 4 is 22.8 Å². The van der Waals surface area contributed by atoms with Crippen molar-refractivity contribution in [3.8, 4) is 5.75 Å². The van der Waals surface area contributed by atoms with Crippen molar-refractivity contribution in [2.24, 2.45) is 0 Å². The van der Waals surface area contributed by atoms with E-state index in [4.69, 9.17) is 9.84 Å². The van der Waals surface area contributed by atoms with Crippen molar-refractivity contribution in [3.63, 3.8) is 0 Å². The van der Waals surface area contributed by atoms with Gasteiger partial charge >= 0.3 is 5.97 Å². The van der Waals surface area contributed by atoms with Crippen LogP contribution >= 0.6 is 0 Å². The molecule has 0 fully saturated rings. The summed E-state index contributed by atoms with van der Waals surface area (Å²) in [5.74, 6) is -0.667. The summed E-state index contributed by atoms with van der Waals surface area (Å²) in [5, 5.41) is 12.0. The smallest absolute Gasteiger partial charge is 0.328 e. The molecular weight excluding hydrogens is 272 g/mol. The summed E-state index contributed by atoms with van der Waals surface area (Å²) in [7, 11) is 1.56. The number of carboxylic acid groups (broad SMARTS) is 1. The molecule has 1 aromatic heterocycles. The Kier molecular flexibility index (Phi) is 4.27. The molecule has 1 atom stereocenters. The maximum absolute atomic E-state index is 12.2. The van der Waals surface area contributed by atoms with Gasteiger partial charge in [0.05, 0.1) is 12.7 Å². The lowest BCUT2D eigenvalue weighted by Gasteiger charge is -2.09. The van der Waals surface area contributed by atoms with Gasteiger partial charge in [-0.15, -0.1) is 0 Å². The van der Waals surface area contributed by atoms with Crippen molar-refractivity contribution in [1.29, 1.82) is 0 Å². The minimum Gasteiger partial charge on any atom is -0.497 e. The molecule has 0 aliphatic rings. The van der Waals surface area contributed by atoms with E-state index in [-0.39, 0.29) is 11.9 Å². The van der Waals surface area contributed by atoms with Gasteiger partial charge in [-0.1, -0.05) is 6.08 Å². The van der Waals surface area contributed by atoms with Crippen molar-refractivity contribution in [2.75, 3.05) is 7.11 Å². The molecule has 0 aliphatic carbocycles. The third-order valence-electron chi connectivity index (χ3n) is 3.02. The Morgan fingerprint density at radius 2 is 2.19 bits per heavy atom. The molecule has 0 bridgehead atoms. The summed E-state index contributed by atoms with van der Waals surface area (Å²) in [6.45, 7) is 1.70. The summed E-state index contributed by atoms with van der Waals surface area (Å²) >= 11 is 0. The second-order valence-corrected chi connectivity index (χ2v) is 4.57. The molecule has 2 rings (SSSR count). The van der Waals surface area contributed by atoms with Crippen LogP contribution in [0.5, 0.6) is 5.75 Å². The first-order valence-corrected chi connectivity index (χ1v) is 6.38. The number of carboxylic acids is 1. The molecule has 3 N–H and O–H groups in total. The number of carbonyl (C=O) groups excluding carboxylic acids is 1. The number of methoxy groups -OCH3 is 1. The largest absolute Gasteiger partial charge is 0.497 e. The molecule has 2 aromatic rings. The number of aliphatic carboxylic acids is 1. The number of ether oxygens (including phenoxy) is 1. The van der Waals surface area contributed by atoms with Crippen LogP contribution in [-0.4, -0.2) is 35.1 Å². The number of carbonyl (C=O) groups is 2. The van der Waals surface area contributed by atoms with Gasteiger partial charge in [0.25, 0.3) is 5.91 Å². The van der Waals surface area contributed by atoms with E-state index in [1.807, 2.05) is 6.07 Å². The average molecular weight is 288 g/mol. The van der Waals surface area contributed by atoms with E-state index in [9.17, 15) is 9.59 Å². The van der Waals surface area contributed by atoms with Gasteiger partial charge in [-0.25, -0.2) is 4.79 Å². The third kappa shape index (κ3) is 3.42. The first-order valence-electron chi connectivity index (χ1n) is 6.38. The maximum Gasteiger partial charge on any atom is 0.328 e. The quantitative estimate of drug-likeness (QED) is 0.733. The van der Waals surface area contributed by atoms with Crippen LogP contribution in [0.4, 0.5) is 0 Å². The number of hydrogen-bond donors (Lipinski definition) is 3. The lowest BCUT2D eigenvalue weighted by atomic mass is 10.1. The lowest BCUT2D eigenvalue weighted by Crippen LogP contribution is -2.31. The molecule has 0 radical (unpaired) electrons. The Morgan fingerprint density at radius 1 is 1.43 bits per heavy atom. The monoisotopic (exact) mass is 288 g/mol. The molecule has 0 spiro atoms. The molecule has 6 nitrogen and oxygen atoms in total. The van der Waals surface area contributed by atoms with Crippen LogP contribution in [0.2, 0.25) is 0 Å². The normalized spacial score (nSPS) is 12.5. The Bertz CT molecular complexity index is 703. The van der Waals surface area contributed by atoms with Gasteiger partial charge in [0.1, 0.15) is 5.75 Å². The summed E-state index contributed by atoms with van der Waals surface area (Å²) < 4.78 is 5.15. The number of amides is 1. The lowest BCUT2D eigenvalue weighted by molar-refractivity contribution is -0.131. The molecule has 1 aromatic carbocycles. The van der Waals surface area contributed by atoms with Gasteiger partial charge < -0.3 is 20.1 Å². The van der Waals surface area contributed by atoms with Gasteiger partial charge in [0.2, 0.25) is 0 Å². The molecule has 1 unspecified atom stereocenters. The molecule has 0 aliphatic heterocycles. The van der Waals surface area contributed by atoms with E-state index in [0.29, 0.717) is 11.3 Å². The number of nitrogens with one attached hydrogen (secondary N) is 2. The second-order valence-electron chi connectivity index (χ2n) is 4.57. The fourth-order valence-electron chi connectivity index (χ4n) is 1.97. The zero-order valence-corrected chi connectivity index (χ0v) is 11.7. The zero-order valence-electron chi connectivity index (χ0n) is 11.7. The van der Waals surface area contributed by atoms with Crippen molar-refractivity contribution in [2.45, 2.75) is 13.0 Å². The summed E-state index contributed by atoms with van der Waals surface area (Å²) in [6, 6.07) is 5.03. The van der Waals surface area contributed by atoms with Gasteiger partial charge in [-0.05, 0) is 25.1 Å². The van der Waals surface area contributed by atoms with Gasteiger partial charge in [0.15, 0.2) is 0 Å². The van der Waals surface area contributed by atoms with Crippen LogP contribution < -0.4 is 10.1 Å². The fraction of sp³-hybridized carbons (Fsp3) is 0.200. The minimum atomic E-state index is -1.05. The van der Waals surface area contributed by atoms with Gasteiger partial charge in [-0.3, -0.25) is 4.79 Å². The standard InChI is InChI=1S/C15H16N2O4/c1-9(3-6-14(18)19)17-15(20)12-8-16-13-5-4-10(21-2)7-11(12)13/h3-9,16H,1-2H3,(H,17,20)(H,18,19)/b6-3+. The minimum absolute atomic E-state index is 0.281. The number of rotatable bonds is 5. The maximum atomic E-state index is 12.2. The topological polar surface area (TPSA) is 91.4 Å². The van der Waals surface area contributed by atoms with Crippen molar-refractivity contribution in [3.05, 3.63) is 42.1 Å². The fourth-order valence-corrected chi connectivity index (χ4v) is 1.97. The summed E-state index contributed by atoms with van der Waals surface area (Å²) in [5.41, 5.74) is 1.31. The molecule has 1 heterocycles. The number of H-pyrrole nitrogens is 1. The van der Waals surface area contributed by atoms with E-state index in [2.05, 4.69) is 10.3 Å². The molecule has 6 heteroatoms. The van der Waals surface area contributed by atoms with Crippen LogP contribution in [0.3, 0.4) is 0 Å². The summed E-state index contributed by atoms with van der Waals surface area (Å²) in [4.78, 5) is 25.7. The number of aromatic amines is 1. The Balaban J connectivity index is 2.21. The molecule has 21 heavy (non-hydrogen) atoms. The number of fused-ring (bicyclic) bond motifs is 1. The molecule has 0 saturated heterocycles. The van der Waals surface area contributed by atoms with Gasteiger partial charge in [0, 0.05) is 29.2 Å². The molecule has 1 amide bonds. The number of aromatic nitrogens is 1. The Labute approximate surface area is 121 Å². The van der Waals surface area contributed by atoms with E-state index in [1.165, 1.54) is 6.08 Å². The van der Waals surface area contributed by atoms with Crippen molar-refractivity contribution in [1.82, 2.24) is 10.3 Å². The Morgan fingerprint density at radius 3 is 2.86 bits per heavy atom. The highest BCUT2D eigenvalue weighted by Crippen LogP contribution is 2.23. The van der Waals surface area contributed by atoms with E-state index >= 15 is 0 Å². The van der Waals surface area contributed by atoms with E-state index < -0.39 is 5.97 Å². The number of benzene rings is 1. The predicted octanol–water partition coefficient (Wildman–Crippen LogP) is 1.94. The molecule has 0 saturated carbocycles. The third-order valence-corrected chi connectivity index (χ3v) is 3.02. The van der Waals surface area contributed by atoms with Crippen LogP contribution in [0, 0.1) is 0 Å². The first kappa shape index (κ1) is 14.6. The Hall–Kier alpha value is -2.76. The van der Waals surface area contributed by atoms with E-state index in [0.717, 1.165) is 17.0 Å². The van der Waals surface area contributed by atoms with Crippen LogP contribution in [0.1, 0.15) is 17.3 Å². The highest BCUT2D eigenvalue weighted by Gasteiger charge is 2.14. The van der Waals surface area contributed by atoms with Gasteiger partial charge in [-0.2, -0.15) is 0 Å². The van der Waals surface area contributed by atoms with E-state index in [1.54, 1.807) is 32.4 Å². The summed E-state index contributed by atoms with van der Waals surface area (Å²) in [6.07, 6.45) is 4.03. The predicted molar refractivity (Wildman–Crippen MR) is 78.6 cm³/mol. The van der Waals surface area contributed by atoms with Crippen LogP contribution in [-0.2, 0) is 4.79 Å². The van der Waals surface area contributed by atoms with Crippen molar-refractivity contribution < 1.29 is 19.4 Å². The molecule has 110 valence electrons. The SMILES string of the molecule is COc1ccc2[nH]cc(C(=O)NC(C)/C=C/C(=O)O)c2c1.